The van der Waals surface area contributed by atoms with Gasteiger partial charge in [-0.05, 0) is 36.6 Å². The number of hydrogen-bond donors (Lipinski definition) is 4. The highest BCUT2D eigenvalue weighted by atomic mass is 16.5. The van der Waals surface area contributed by atoms with Crippen molar-refractivity contribution in [2.24, 2.45) is 11.8 Å². The van der Waals surface area contributed by atoms with Crippen LogP contribution in [0.4, 0.5) is 0 Å². The first-order chi connectivity index (χ1) is 12.9. The second-order valence-electron chi connectivity index (χ2n) is 8.86. The smallest absolute Gasteiger partial charge is 0.238 e. The lowest BCUT2D eigenvalue weighted by molar-refractivity contribution is -0.124. The van der Waals surface area contributed by atoms with Crippen molar-refractivity contribution in [3.8, 4) is 5.75 Å². The molecule has 2 aliphatic heterocycles. The quantitative estimate of drug-likeness (QED) is 0.583. The van der Waals surface area contributed by atoms with Crippen molar-refractivity contribution in [2.45, 2.75) is 51.6 Å². The van der Waals surface area contributed by atoms with Crippen LogP contribution in [0, 0.1) is 11.8 Å². The Morgan fingerprint density at radius 1 is 1.26 bits per heavy atom. The summed E-state index contributed by atoms with van der Waals surface area (Å²) in [4.78, 5) is 12.7. The van der Waals surface area contributed by atoms with Gasteiger partial charge in [-0.1, -0.05) is 39.8 Å². The van der Waals surface area contributed by atoms with Gasteiger partial charge in [0, 0.05) is 30.5 Å². The van der Waals surface area contributed by atoms with Crippen molar-refractivity contribution in [3.05, 3.63) is 29.8 Å². The zero-order valence-electron chi connectivity index (χ0n) is 17.0. The number of ether oxygens (including phenoxy) is 1. The molecule has 0 radical (unpaired) electrons. The molecule has 2 saturated heterocycles. The highest BCUT2D eigenvalue weighted by Crippen LogP contribution is 2.25. The van der Waals surface area contributed by atoms with Gasteiger partial charge in [-0.3, -0.25) is 10.2 Å². The number of hydrogen-bond acceptors (Lipinski definition) is 5. The number of nitrogens with one attached hydrogen (secondary N) is 4. The van der Waals surface area contributed by atoms with Gasteiger partial charge in [0.2, 0.25) is 5.91 Å². The lowest BCUT2D eigenvalue weighted by Crippen LogP contribution is -2.51. The molecule has 1 aromatic rings. The van der Waals surface area contributed by atoms with Gasteiger partial charge in [-0.15, -0.1) is 0 Å². The van der Waals surface area contributed by atoms with Crippen molar-refractivity contribution in [1.82, 2.24) is 21.5 Å². The van der Waals surface area contributed by atoms with Gasteiger partial charge in [0.1, 0.15) is 11.8 Å². The Morgan fingerprint density at radius 3 is 2.70 bits per heavy atom. The molecule has 150 valence electrons. The number of piperidine rings is 1. The number of rotatable bonds is 7. The Morgan fingerprint density at radius 2 is 2.00 bits per heavy atom. The molecule has 0 aliphatic carbocycles. The molecule has 2 aliphatic rings. The molecule has 2 fully saturated rings. The van der Waals surface area contributed by atoms with Crippen LogP contribution in [0.25, 0.3) is 0 Å². The lowest BCUT2D eigenvalue weighted by atomic mass is 9.84. The van der Waals surface area contributed by atoms with Crippen LogP contribution >= 0.6 is 0 Å². The molecule has 2 heterocycles. The average molecular weight is 375 g/mol. The summed E-state index contributed by atoms with van der Waals surface area (Å²) >= 11 is 0. The molecule has 0 bridgehead atoms. The molecular weight excluding hydrogens is 340 g/mol. The number of carbonyl (C=O) groups excluding carboxylic acids is 1. The minimum Gasteiger partial charge on any atom is -0.493 e. The van der Waals surface area contributed by atoms with Crippen LogP contribution in [0.15, 0.2) is 24.3 Å². The molecule has 6 heteroatoms. The third-order valence-corrected chi connectivity index (χ3v) is 5.59. The number of fused-ring (bicyclic) bond motifs is 1. The Hall–Kier alpha value is -1.63. The fourth-order valence-corrected chi connectivity index (χ4v) is 3.76. The molecule has 0 saturated carbocycles. The minimum atomic E-state index is -0.176. The van der Waals surface area contributed by atoms with E-state index in [9.17, 15) is 4.79 Å². The third-order valence-electron chi connectivity index (χ3n) is 5.59. The maximum atomic E-state index is 12.7. The van der Waals surface area contributed by atoms with E-state index in [1.165, 1.54) is 5.56 Å². The van der Waals surface area contributed by atoms with E-state index < -0.39 is 0 Å². The average Bonchev–Trinajstić information content (AvgIpc) is 3.09. The van der Waals surface area contributed by atoms with E-state index in [0.29, 0.717) is 24.4 Å². The number of benzene rings is 1. The van der Waals surface area contributed by atoms with Crippen molar-refractivity contribution >= 4 is 5.91 Å². The van der Waals surface area contributed by atoms with Gasteiger partial charge in [-0.25, -0.2) is 5.43 Å². The topological polar surface area (TPSA) is 74.4 Å². The molecule has 3 atom stereocenters. The summed E-state index contributed by atoms with van der Waals surface area (Å²) in [5.41, 5.74) is 7.51. The largest absolute Gasteiger partial charge is 0.493 e. The summed E-state index contributed by atoms with van der Waals surface area (Å²) in [5, 5.41) is 6.54. The Balaban J connectivity index is 1.54. The first kappa shape index (κ1) is 20.1. The second kappa shape index (κ2) is 8.59. The van der Waals surface area contributed by atoms with Gasteiger partial charge in [0.15, 0.2) is 0 Å². The first-order valence-corrected chi connectivity index (χ1v) is 10.1. The fraction of sp³-hybridized carbons (Fsp3) is 0.667. The summed E-state index contributed by atoms with van der Waals surface area (Å²) in [5.74, 6) is 1.78. The summed E-state index contributed by atoms with van der Waals surface area (Å²) in [6.45, 7) is 11.8. The first-order valence-electron chi connectivity index (χ1n) is 10.1. The molecule has 6 nitrogen and oxygen atoms in total. The van der Waals surface area contributed by atoms with Crippen molar-refractivity contribution in [1.29, 1.82) is 0 Å². The number of amides is 1. The Bertz CT molecular complexity index is 630. The number of carbonyl (C=O) groups is 1. The van der Waals surface area contributed by atoms with Gasteiger partial charge in [0.05, 0.1) is 6.61 Å². The maximum absolute atomic E-state index is 12.7. The zero-order chi connectivity index (χ0) is 19.4. The van der Waals surface area contributed by atoms with Gasteiger partial charge in [-0.2, -0.15) is 0 Å². The van der Waals surface area contributed by atoms with E-state index in [2.05, 4.69) is 61.3 Å². The van der Waals surface area contributed by atoms with Gasteiger partial charge >= 0.3 is 0 Å². The van der Waals surface area contributed by atoms with E-state index >= 15 is 0 Å². The highest BCUT2D eigenvalue weighted by molar-refractivity contribution is 5.82. The van der Waals surface area contributed by atoms with E-state index in [1.54, 1.807) is 0 Å². The molecule has 3 unspecified atom stereocenters. The predicted molar refractivity (Wildman–Crippen MR) is 108 cm³/mol. The van der Waals surface area contributed by atoms with Gasteiger partial charge < -0.3 is 15.4 Å². The van der Waals surface area contributed by atoms with Gasteiger partial charge in [0.25, 0.3) is 0 Å². The van der Waals surface area contributed by atoms with E-state index in [4.69, 9.17) is 4.74 Å². The third kappa shape index (κ3) is 5.00. The van der Waals surface area contributed by atoms with Crippen LogP contribution in [-0.2, 0) is 10.2 Å². The van der Waals surface area contributed by atoms with E-state index in [1.807, 2.05) is 12.1 Å². The molecule has 1 aromatic carbocycles. The Kier molecular flexibility index (Phi) is 6.40. The van der Waals surface area contributed by atoms with Crippen LogP contribution < -0.4 is 26.2 Å². The van der Waals surface area contributed by atoms with Crippen molar-refractivity contribution in [3.63, 3.8) is 0 Å². The van der Waals surface area contributed by atoms with Crippen LogP contribution in [0.1, 0.15) is 39.7 Å². The van der Waals surface area contributed by atoms with E-state index in [-0.39, 0.29) is 17.4 Å². The normalized spacial score (nSPS) is 25.3. The van der Waals surface area contributed by atoms with Crippen LogP contribution in [0.5, 0.6) is 5.75 Å². The van der Waals surface area contributed by atoms with Crippen LogP contribution in [-0.4, -0.2) is 44.2 Å². The fourth-order valence-electron chi connectivity index (χ4n) is 3.76. The summed E-state index contributed by atoms with van der Waals surface area (Å²) < 4.78 is 5.76. The van der Waals surface area contributed by atoms with Crippen molar-refractivity contribution in [2.75, 3.05) is 26.2 Å². The SMILES string of the molecule is CC(C)COc1ccc(C(C)(C)CNC(=O)C2NNC3CCNCC32)cc1. The maximum Gasteiger partial charge on any atom is 0.238 e. The number of hydrazine groups is 1. The predicted octanol–water partition coefficient (Wildman–Crippen LogP) is 1.57. The van der Waals surface area contributed by atoms with Crippen molar-refractivity contribution < 1.29 is 9.53 Å². The lowest BCUT2D eigenvalue weighted by Gasteiger charge is -2.29. The Labute approximate surface area is 162 Å². The molecule has 3 rings (SSSR count). The molecule has 4 N–H and O–H groups in total. The standard InChI is InChI=1S/C21H34N4O2/c1-14(2)12-27-16-7-5-15(6-8-16)21(3,4)13-23-20(26)19-17-11-22-10-9-18(17)24-25-19/h5-8,14,17-19,22,24-25H,9-13H2,1-4H3,(H,23,26). The summed E-state index contributed by atoms with van der Waals surface area (Å²) in [6, 6.07) is 8.43. The van der Waals surface area contributed by atoms with E-state index in [0.717, 1.165) is 31.9 Å². The van der Waals surface area contributed by atoms with Crippen LogP contribution in [0.3, 0.4) is 0 Å². The molecule has 0 aromatic heterocycles. The molecule has 27 heavy (non-hydrogen) atoms. The minimum absolute atomic E-state index is 0.0728. The summed E-state index contributed by atoms with van der Waals surface area (Å²) in [7, 11) is 0. The zero-order valence-corrected chi connectivity index (χ0v) is 17.0. The highest BCUT2D eigenvalue weighted by Gasteiger charge is 2.41. The monoisotopic (exact) mass is 374 g/mol. The summed E-state index contributed by atoms with van der Waals surface area (Å²) in [6.07, 6.45) is 1.05. The second-order valence-corrected chi connectivity index (χ2v) is 8.86. The molecular formula is C21H34N4O2. The van der Waals surface area contributed by atoms with Crippen LogP contribution in [0.2, 0.25) is 0 Å². The molecule has 0 spiro atoms. The molecule has 1 amide bonds.